The number of carbonyl (C=O) groups is 2. The minimum atomic E-state index is -0.271. The fourth-order valence-corrected chi connectivity index (χ4v) is 6.64. The number of ketones is 1. The van der Waals surface area contributed by atoms with Crippen molar-refractivity contribution in [2.45, 2.75) is 82.2 Å². The Morgan fingerprint density at radius 1 is 0.868 bits per heavy atom. The van der Waals surface area contributed by atoms with Gasteiger partial charge >= 0.3 is 6.09 Å². The largest absolute Gasteiger partial charge is 0.448 e. The number of Topliss-reactive ketones (excluding diaryl/α,β-unsaturated/α-hetero) is 1. The number of nitrogens with zero attached hydrogens (tertiary/aromatic N) is 1. The van der Waals surface area contributed by atoms with Crippen LogP contribution in [0.1, 0.15) is 81.3 Å². The van der Waals surface area contributed by atoms with Gasteiger partial charge in [-0.1, -0.05) is 80.3 Å². The SMILES string of the molecule is C=CCCCCCCCCC(=O)C1CC2COCC(C1)N2C(=O)OCC1c2ccccc2-c2ccccc21. The number of rotatable bonds is 12. The molecule has 2 aromatic rings. The van der Waals surface area contributed by atoms with Crippen molar-refractivity contribution in [3.63, 3.8) is 0 Å². The first-order valence-corrected chi connectivity index (χ1v) is 14.5. The average Bonchev–Trinajstić information content (AvgIpc) is 3.26. The Morgan fingerprint density at radius 3 is 2.08 bits per heavy atom. The maximum Gasteiger partial charge on any atom is 0.410 e. The molecule has 0 spiro atoms. The summed E-state index contributed by atoms with van der Waals surface area (Å²) in [7, 11) is 0. The van der Waals surface area contributed by atoms with Crippen molar-refractivity contribution in [2.75, 3.05) is 19.8 Å². The van der Waals surface area contributed by atoms with Crippen LogP contribution in [0.25, 0.3) is 11.1 Å². The third-order valence-electron chi connectivity index (χ3n) is 8.60. The van der Waals surface area contributed by atoms with E-state index in [1.165, 1.54) is 47.9 Å². The number of fused-ring (bicyclic) bond motifs is 5. The van der Waals surface area contributed by atoms with Gasteiger partial charge in [0, 0.05) is 18.3 Å². The van der Waals surface area contributed by atoms with Crippen LogP contribution in [0.4, 0.5) is 4.79 Å². The molecule has 5 heteroatoms. The van der Waals surface area contributed by atoms with Crippen LogP contribution in [-0.2, 0) is 14.3 Å². The molecule has 0 saturated carbocycles. The molecule has 2 aromatic carbocycles. The van der Waals surface area contributed by atoms with Crippen molar-refractivity contribution in [3.05, 3.63) is 72.3 Å². The number of ether oxygens (including phenoxy) is 2. The minimum Gasteiger partial charge on any atom is -0.448 e. The van der Waals surface area contributed by atoms with Gasteiger partial charge in [0.05, 0.1) is 25.3 Å². The minimum absolute atomic E-state index is 0.0270. The molecular formula is C33H41NO4. The molecule has 38 heavy (non-hydrogen) atoms. The predicted octanol–water partition coefficient (Wildman–Crippen LogP) is 7.29. The van der Waals surface area contributed by atoms with Gasteiger partial charge in [0.25, 0.3) is 0 Å². The molecule has 0 radical (unpaired) electrons. The number of allylic oxidation sites excluding steroid dienone is 1. The fourth-order valence-electron chi connectivity index (χ4n) is 6.64. The number of hydrogen-bond donors (Lipinski definition) is 0. The molecule has 5 nitrogen and oxygen atoms in total. The van der Waals surface area contributed by atoms with Crippen LogP contribution in [-0.4, -0.2) is 48.7 Å². The molecule has 2 atom stereocenters. The second-order valence-electron chi connectivity index (χ2n) is 11.1. The topological polar surface area (TPSA) is 55.8 Å². The van der Waals surface area contributed by atoms with E-state index < -0.39 is 0 Å². The lowest BCUT2D eigenvalue weighted by molar-refractivity contribution is -0.131. The highest BCUT2D eigenvalue weighted by atomic mass is 16.6. The van der Waals surface area contributed by atoms with E-state index in [4.69, 9.17) is 9.47 Å². The van der Waals surface area contributed by atoms with Gasteiger partial charge in [0.15, 0.2) is 0 Å². The second-order valence-corrected chi connectivity index (χ2v) is 11.1. The third kappa shape index (κ3) is 5.88. The van der Waals surface area contributed by atoms with Crippen LogP contribution in [0.2, 0.25) is 0 Å². The molecule has 1 amide bonds. The molecule has 2 fully saturated rings. The maximum atomic E-state index is 13.4. The van der Waals surface area contributed by atoms with Gasteiger partial charge in [-0.3, -0.25) is 9.69 Å². The van der Waals surface area contributed by atoms with Gasteiger partial charge in [-0.25, -0.2) is 4.79 Å². The van der Waals surface area contributed by atoms with Gasteiger partial charge in [-0.15, -0.1) is 6.58 Å². The highest BCUT2D eigenvalue weighted by Gasteiger charge is 2.44. The highest BCUT2D eigenvalue weighted by molar-refractivity contribution is 5.82. The summed E-state index contributed by atoms with van der Waals surface area (Å²) in [5.41, 5.74) is 4.88. The zero-order valence-corrected chi connectivity index (χ0v) is 22.5. The van der Waals surface area contributed by atoms with E-state index in [0.717, 1.165) is 19.3 Å². The van der Waals surface area contributed by atoms with E-state index in [9.17, 15) is 9.59 Å². The lowest BCUT2D eigenvalue weighted by Crippen LogP contribution is -2.60. The van der Waals surface area contributed by atoms with Gasteiger partial charge in [0.1, 0.15) is 12.4 Å². The van der Waals surface area contributed by atoms with E-state index in [1.54, 1.807) is 0 Å². The smallest absolute Gasteiger partial charge is 0.410 e. The summed E-state index contributed by atoms with van der Waals surface area (Å²) in [4.78, 5) is 28.3. The van der Waals surface area contributed by atoms with Crippen molar-refractivity contribution in [1.82, 2.24) is 4.90 Å². The number of benzene rings is 2. The van der Waals surface area contributed by atoms with E-state index in [1.807, 2.05) is 23.1 Å². The normalized spacial score (nSPS) is 22.0. The molecular weight excluding hydrogens is 474 g/mol. The van der Waals surface area contributed by atoms with Crippen LogP contribution in [0.3, 0.4) is 0 Å². The van der Waals surface area contributed by atoms with Crippen LogP contribution < -0.4 is 0 Å². The summed E-state index contributed by atoms with van der Waals surface area (Å²) < 4.78 is 11.8. The Labute approximate surface area is 227 Å². The Kier molecular flexibility index (Phi) is 8.95. The van der Waals surface area contributed by atoms with Gasteiger partial charge in [-0.2, -0.15) is 0 Å². The lowest BCUT2D eigenvalue weighted by atomic mass is 9.81. The zero-order valence-electron chi connectivity index (χ0n) is 22.5. The average molecular weight is 516 g/mol. The molecule has 5 rings (SSSR count). The van der Waals surface area contributed by atoms with Gasteiger partial charge < -0.3 is 9.47 Å². The Hall–Kier alpha value is -2.92. The van der Waals surface area contributed by atoms with Crippen molar-refractivity contribution < 1.29 is 19.1 Å². The quantitative estimate of drug-likeness (QED) is 0.220. The second kappa shape index (κ2) is 12.8. The monoisotopic (exact) mass is 515 g/mol. The standard InChI is InChI=1S/C33H41NO4/c1-2-3-4-5-6-7-8-9-18-32(35)24-19-25-21-37-22-26(20-24)34(25)33(36)38-23-31-29-16-12-10-14-27(29)28-15-11-13-17-30(28)31/h2,10-17,24-26,31H,1,3-9,18-23H2. The summed E-state index contributed by atoms with van der Waals surface area (Å²) in [6.07, 6.45) is 11.8. The molecule has 2 saturated heterocycles. The van der Waals surface area contributed by atoms with Crippen molar-refractivity contribution in [1.29, 1.82) is 0 Å². The van der Waals surface area contributed by atoms with Crippen LogP contribution in [0.15, 0.2) is 61.2 Å². The molecule has 0 N–H and O–H groups in total. The molecule has 2 bridgehead atoms. The molecule has 1 aliphatic carbocycles. The molecule has 2 heterocycles. The van der Waals surface area contributed by atoms with E-state index in [2.05, 4.69) is 43.0 Å². The molecule has 2 aliphatic heterocycles. The molecule has 2 unspecified atom stereocenters. The number of hydrogen-bond acceptors (Lipinski definition) is 4. The molecule has 202 valence electrons. The Bertz CT molecular complexity index is 1070. The van der Waals surface area contributed by atoms with Crippen molar-refractivity contribution in [3.8, 4) is 11.1 Å². The first kappa shape index (κ1) is 26.7. The fraction of sp³-hybridized carbons (Fsp3) is 0.515. The number of piperidine rings is 1. The van der Waals surface area contributed by atoms with E-state index in [-0.39, 0.29) is 30.0 Å². The Morgan fingerprint density at radius 2 is 1.45 bits per heavy atom. The number of carbonyl (C=O) groups excluding carboxylic acids is 2. The van der Waals surface area contributed by atoms with Crippen molar-refractivity contribution >= 4 is 11.9 Å². The summed E-state index contributed by atoms with van der Waals surface area (Å²) in [5.74, 6) is 0.434. The van der Waals surface area contributed by atoms with Crippen LogP contribution >= 0.6 is 0 Å². The van der Waals surface area contributed by atoms with Crippen molar-refractivity contribution in [2.24, 2.45) is 5.92 Å². The van der Waals surface area contributed by atoms with E-state index >= 15 is 0 Å². The maximum absolute atomic E-state index is 13.4. The highest BCUT2D eigenvalue weighted by Crippen LogP contribution is 2.44. The Balaban J connectivity index is 1.12. The molecule has 3 aliphatic rings. The number of unbranched alkanes of at least 4 members (excludes halogenated alkanes) is 6. The lowest BCUT2D eigenvalue weighted by Gasteiger charge is -2.47. The first-order chi connectivity index (χ1) is 18.7. The summed E-state index contributed by atoms with van der Waals surface area (Å²) >= 11 is 0. The zero-order chi connectivity index (χ0) is 26.3. The first-order valence-electron chi connectivity index (χ1n) is 14.5. The number of amides is 1. The van der Waals surface area contributed by atoms with Gasteiger partial charge in [0.2, 0.25) is 0 Å². The van der Waals surface area contributed by atoms with Crippen LogP contribution in [0.5, 0.6) is 0 Å². The summed E-state index contributed by atoms with van der Waals surface area (Å²) in [6, 6.07) is 16.6. The summed E-state index contributed by atoms with van der Waals surface area (Å²) in [6.45, 7) is 5.05. The van der Waals surface area contributed by atoms with Gasteiger partial charge in [-0.05, 0) is 54.4 Å². The van der Waals surface area contributed by atoms with Crippen LogP contribution in [0, 0.1) is 5.92 Å². The van der Waals surface area contributed by atoms with E-state index in [0.29, 0.717) is 44.9 Å². The third-order valence-corrected chi connectivity index (χ3v) is 8.60. The number of morpholine rings is 1. The predicted molar refractivity (Wildman–Crippen MR) is 150 cm³/mol. The molecule has 0 aromatic heterocycles. The summed E-state index contributed by atoms with van der Waals surface area (Å²) in [5, 5.41) is 0.